The van der Waals surface area contributed by atoms with Crippen molar-refractivity contribution in [3.8, 4) is 0 Å². The topological polar surface area (TPSA) is 80.2 Å². The van der Waals surface area contributed by atoms with Crippen molar-refractivity contribution in [2.75, 3.05) is 23.3 Å². The Morgan fingerprint density at radius 1 is 1.21 bits per heavy atom. The minimum absolute atomic E-state index is 0. The SMILES string of the molecule is Cl.O=C1O[C@]2(CC[C@H](CNc3nsc4ccccc34)CC2)CN1c1cccnn1. The van der Waals surface area contributed by atoms with Crippen LogP contribution in [0.3, 0.4) is 0 Å². The number of nitrogens with zero attached hydrogens (tertiary/aromatic N) is 4. The van der Waals surface area contributed by atoms with Crippen LogP contribution in [0.15, 0.2) is 42.6 Å². The zero-order valence-electron chi connectivity index (χ0n) is 15.8. The van der Waals surface area contributed by atoms with Crippen molar-refractivity contribution in [1.82, 2.24) is 14.6 Å². The third-order valence-electron chi connectivity index (χ3n) is 5.76. The normalized spacial score (nSPS) is 23.8. The summed E-state index contributed by atoms with van der Waals surface area (Å²) in [7, 11) is 0. The Morgan fingerprint density at radius 3 is 2.83 bits per heavy atom. The lowest BCUT2D eigenvalue weighted by molar-refractivity contribution is 0.0148. The molecule has 1 amide bonds. The maximum Gasteiger partial charge on any atom is 0.416 e. The largest absolute Gasteiger partial charge is 0.441 e. The average molecular weight is 432 g/mol. The first-order valence-electron chi connectivity index (χ1n) is 9.59. The van der Waals surface area contributed by atoms with Crippen LogP contribution in [-0.2, 0) is 4.74 Å². The van der Waals surface area contributed by atoms with E-state index in [1.54, 1.807) is 23.2 Å². The molecule has 9 heteroatoms. The Bertz CT molecular complexity index is 991. The van der Waals surface area contributed by atoms with E-state index >= 15 is 0 Å². The van der Waals surface area contributed by atoms with E-state index in [2.05, 4.69) is 32.0 Å². The second-order valence-electron chi connectivity index (χ2n) is 7.57. The van der Waals surface area contributed by atoms with E-state index in [1.807, 2.05) is 12.1 Å². The molecule has 152 valence electrons. The lowest BCUT2D eigenvalue weighted by atomic mass is 9.78. The van der Waals surface area contributed by atoms with Crippen LogP contribution in [0.5, 0.6) is 0 Å². The predicted molar refractivity (Wildman–Crippen MR) is 116 cm³/mol. The van der Waals surface area contributed by atoms with Gasteiger partial charge in [-0.25, -0.2) is 4.79 Å². The molecule has 3 aromatic rings. The maximum absolute atomic E-state index is 12.4. The van der Waals surface area contributed by atoms with Gasteiger partial charge in [-0.15, -0.1) is 17.5 Å². The minimum Gasteiger partial charge on any atom is -0.441 e. The van der Waals surface area contributed by atoms with Gasteiger partial charge in [-0.1, -0.05) is 12.1 Å². The highest BCUT2D eigenvalue weighted by atomic mass is 35.5. The summed E-state index contributed by atoms with van der Waals surface area (Å²) < 4.78 is 11.6. The predicted octanol–water partition coefficient (Wildman–Crippen LogP) is 4.51. The molecular weight excluding hydrogens is 410 g/mol. The second-order valence-corrected chi connectivity index (χ2v) is 8.38. The monoisotopic (exact) mass is 431 g/mol. The number of nitrogens with one attached hydrogen (secondary N) is 1. The number of anilines is 2. The molecule has 0 radical (unpaired) electrons. The van der Waals surface area contributed by atoms with E-state index in [9.17, 15) is 4.79 Å². The Hall–Kier alpha value is -2.45. The second kappa shape index (κ2) is 8.12. The molecule has 3 heterocycles. The van der Waals surface area contributed by atoms with Crippen LogP contribution < -0.4 is 10.2 Å². The van der Waals surface area contributed by atoms with Crippen LogP contribution in [0.25, 0.3) is 10.1 Å². The van der Waals surface area contributed by atoms with Crippen molar-refractivity contribution in [2.45, 2.75) is 31.3 Å². The van der Waals surface area contributed by atoms with Gasteiger partial charge in [0.25, 0.3) is 0 Å². The van der Waals surface area contributed by atoms with E-state index in [-0.39, 0.29) is 18.5 Å². The number of hydrogen-bond donors (Lipinski definition) is 1. The lowest BCUT2D eigenvalue weighted by Gasteiger charge is -2.35. The molecule has 2 fully saturated rings. The first kappa shape index (κ1) is 19.8. The van der Waals surface area contributed by atoms with Gasteiger partial charge in [0.05, 0.1) is 11.2 Å². The molecule has 2 aromatic heterocycles. The molecule has 5 rings (SSSR count). The molecular formula is C20H22ClN5O2S. The van der Waals surface area contributed by atoms with Crippen LogP contribution in [0.1, 0.15) is 25.7 Å². The maximum atomic E-state index is 12.4. The van der Waals surface area contributed by atoms with Crippen LogP contribution in [0.2, 0.25) is 0 Å². The highest BCUT2D eigenvalue weighted by Gasteiger charge is 2.48. The zero-order chi connectivity index (χ0) is 19.0. The van der Waals surface area contributed by atoms with E-state index in [0.29, 0.717) is 18.3 Å². The highest BCUT2D eigenvalue weighted by Crippen LogP contribution is 2.40. The molecule has 0 unspecified atom stereocenters. The third kappa shape index (κ3) is 3.86. The van der Waals surface area contributed by atoms with Crippen molar-refractivity contribution < 1.29 is 9.53 Å². The number of carbonyl (C=O) groups is 1. The molecule has 2 aliphatic rings. The Labute approximate surface area is 179 Å². The Morgan fingerprint density at radius 2 is 2.03 bits per heavy atom. The zero-order valence-corrected chi connectivity index (χ0v) is 17.4. The molecule has 1 saturated carbocycles. The van der Waals surface area contributed by atoms with Gasteiger partial charge >= 0.3 is 6.09 Å². The standard InChI is InChI=1S/C20H21N5O2S.ClH/c26-19-25(17-6-3-11-22-23-17)13-20(27-19)9-7-14(8-10-20)12-21-18-15-4-1-2-5-16(15)28-24-18;/h1-6,11,14H,7-10,12-13H2,(H,21,24);1H/t14-,20-;. The van der Waals surface area contributed by atoms with Crippen molar-refractivity contribution >= 4 is 51.8 Å². The molecule has 1 aliphatic heterocycles. The van der Waals surface area contributed by atoms with E-state index < -0.39 is 5.60 Å². The first-order chi connectivity index (χ1) is 13.7. The van der Waals surface area contributed by atoms with Gasteiger partial charge in [-0.3, -0.25) is 4.90 Å². The first-order valence-corrected chi connectivity index (χ1v) is 10.4. The summed E-state index contributed by atoms with van der Waals surface area (Å²) in [6, 6.07) is 11.9. The molecule has 29 heavy (non-hydrogen) atoms. The van der Waals surface area contributed by atoms with Crippen LogP contribution in [0, 0.1) is 5.92 Å². The molecule has 1 aliphatic carbocycles. The number of hydrogen-bond acceptors (Lipinski definition) is 7. The number of ether oxygens (including phenoxy) is 1. The van der Waals surface area contributed by atoms with Crippen molar-refractivity contribution in [1.29, 1.82) is 0 Å². The molecule has 1 spiro atoms. The van der Waals surface area contributed by atoms with Gasteiger partial charge in [0.1, 0.15) is 11.4 Å². The van der Waals surface area contributed by atoms with Gasteiger partial charge in [0.15, 0.2) is 5.82 Å². The van der Waals surface area contributed by atoms with Crippen molar-refractivity contribution in [3.63, 3.8) is 0 Å². The quantitative estimate of drug-likeness (QED) is 0.654. The number of halogens is 1. The summed E-state index contributed by atoms with van der Waals surface area (Å²) in [4.78, 5) is 14.0. The molecule has 0 atom stereocenters. The van der Waals surface area contributed by atoms with Crippen molar-refractivity contribution in [3.05, 3.63) is 42.6 Å². The summed E-state index contributed by atoms with van der Waals surface area (Å²) in [5, 5.41) is 12.6. The van der Waals surface area contributed by atoms with Crippen LogP contribution >= 0.6 is 23.9 Å². The number of aromatic nitrogens is 3. The number of amides is 1. The van der Waals surface area contributed by atoms with Crippen molar-refractivity contribution in [2.24, 2.45) is 5.92 Å². The fraction of sp³-hybridized carbons (Fsp3) is 0.400. The lowest BCUT2D eigenvalue weighted by Crippen LogP contribution is -2.39. The number of benzene rings is 1. The summed E-state index contributed by atoms with van der Waals surface area (Å²) in [6.07, 6.45) is 5.09. The van der Waals surface area contributed by atoms with E-state index in [4.69, 9.17) is 4.74 Å². The summed E-state index contributed by atoms with van der Waals surface area (Å²) in [5.41, 5.74) is -0.390. The molecule has 1 N–H and O–H groups in total. The number of fused-ring (bicyclic) bond motifs is 1. The van der Waals surface area contributed by atoms with Gasteiger partial charge in [-0.05, 0) is 67.4 Å². The highest BCUT2D eigenvalue weighted by molar-refractivity contribution is 7.13. The van der Waals surface area contributed by atoms with Crippen LogP contribution in [0.4, 0.5) is 16.4 Å². The summed E-state index contributed by atoms with van der Waals surface area (Å²) in [6.45, 7) is 1.45. The number of rotatable bonds is 4. The third-order valence-corrected chi connectivity index (χ3v) is 6.58. The molecule has 7 nitrogen and oxygen atoms in total. The fourth-order valence-electron chi connectivity index (χ4n) is 4.16. The summed E-state index contributed by atoms with van der Waals surface area (Å²) >= 11 is 1.53. The van der Waals surface area contributed by atoms with E-state index in [0.717, 1.165) is 38.0 Å². The minimum atomic E-state index is -0.390. The number of carbonyl (C=O) groups excluding carboxylic acids is 1. The van der Waals surface area contributed by atoms with Gasteiger partial charge in [0, 0.05) is 18.1 Å². The van der Waals surface area contributed by atoms with Gasteiger partial charge in [-0.2, -0.15) is 9.47 Å². The van der Waals surface area contributed by atoms with E-state index in [1.165, 1.54) is 21.6 Å². The molecule has 1 saturated heterocycles. The van der Waals surface area contributed by atoms with Crippen LogP contribution in [-0.4, -0.2) is 39.4 Å². The smallest absolute Gasteiger partial charge is 0.416 e. The van der Waals surface area contributed by atoms with Gasteiger partial charge < -0.3 is 10.1 Å². The molecule has 1 aromatic carbocycles. The average Bonchev–Trinajstić information content (AvgIpc) is 3.29. The fourth-order valence-corrected chi connectivity index (χ4v) is 4.91. The van der Waals surface area contributed by atoms with Gasteiger partial charge in [0.2, 0.25) is 0 Å². The Balaban J connectivity index is 0.00000205. The Kier molecular flexibility index (Phi) is 5.56. The summed E-state index contributed by atoms with van der Waals surface area (Å²) in [5.74, 6) is 2.08. The molecule has 0 bridgehead atoms.